The molecule has 2 aliphatic rings. The molecule has 0 radical (unpaired) electrons. The highest BCUT2D eigenvalue weighted by molar-refractivity contribution is 5.39. The molecule has 0 heterocycles. The summed E-state index contributed by atoms with van der Waals surface area (Å²) in [6.45, 7) is 3.35. The van der Waals surface area contributed by atoms with Crippen LogP contribution in [0.2, 0.25) is 0 Å². The summed E-state index contributed by atoms with van der Waals surface area (Å²) in [7, 11) is 0. The van der Waals surface area contributed by atoms with E-state index in [1.165, 1.54) is 62.5 Å². The van der Waals surface area contributed by atoms with Crippen molar-refractivity contribution in [2.75, 3.05) is 6.54 Å². The second-order valence-corrected chi connectivity index (χ2v) is 6.28. The molecule has 3 rings (SSSR count). The summed E-state index contributed by atoms with van der Waals surface area (Å²) in [5.74, 6) is 1.09. The summed E-state index contributed by atoms with van der Waals surface area (Å²) in [4.78, 5) is 0. The quantitative estimate of drug-likeness (QED) is 0.859. The maximum atomic E-state index is 6.14. The zero-order valence-electron chi connectivity index (χ0n) is 12.7. The molecule has 110 valence electrons. The number of nitrogens with one attached hydrogen (secondary N) is 1. The molecule has 20 heavy (non-hydrogen) atoms. The van der Waals surface area contributed by atoms with E-state index in [9.17, 15) is 0 Å². The van der Waals surface area contributed by atoms with Crippen LogP contribution in [0.1, 0.15) is 69.0 Å². The van der Waals surface area contributed by atoms with Crippen molar-refractivity contribution < 1.29 is 4.74 Å². The number of ether oxygens (including phenoxy) is 1. The molecule has 2 heteroatoms. The van der Waals surface area contributed by atoms with Crippen LogP contribution in [-0.4, -0.2) is 12.6 Å². The largest absolute Gasteiger partial charge is 0.490 e. The lowest BCUT2D eigenvalue weighted by Crippen LogP contribution is -2.25. The van der Waals surface area contributed by atoms with Crippen LogP contribution < -0.4 is 10.1 Å². The van der Waals surface area contributed by atoms with E-state index >= 15 is 0 Å². The van der Waals surface area contributed by atoms with Gasteiger partial charge in [0.1, 0.15) is 5.75 Å². The van der Waals surface area contributed by atoms with Gasteiger partial charge >= 0.3 is 0 Å². The van der Waals surface area contributed by atoms with Crippen molar-refractivity contribution in [3.8, 4) is 5.75 Å². The van der Waals surface area contributed by atoms with Gasteiger partial charge in [-0.1, -0.05) is 13.0 Å². The van der Waals surface area contributed by atoms with Gasteiger partial charge in [0.25, 0.3) is 0 Å². The molecule has 0 aliphatic heterocycles. The Morgan fingerprint density at radius 2 is 2.00 bits per heavy atom. The van der Waals surface area contributed by atoms with E-state index in [-0.39, 0.29) is 0 Å². The zero-order chi connectivity index (χ0) is 13.8. The summed E-state index contributed by atoms with van der Waals surface area (Å²) in [6.07, 6.45) is 10.6. The van der Waals surface area contributed by atoms with Crippen molar-refractivity contribution in [1.29, 1.82) is 0 Å². The molecule has 1 N–H and O–H groups in total. The van der Waals surface area contributed by atoms with E-state index in [0.29, 0.717) is 12.1 Å². The Bertz CT molecular complexity index is 437. The van der Waals surface area contributed by atoms with Crippen molar-refractivity contribution in [2.45, 2.75) is 70.4 Å². The van der Waals surface area contributed by atoms with Gasteiger partial charge in [0.05, 0.1) is 6.10 Å². The van der Waals surface area contributed by atoms with Gasteiger partial charge in [0.2, 0.25) is 0 Å². The fourth-order valence-corrected chi connectivity index (χ4v) is 3.59. The number of hydrogen-bond donors (Lipinski definition) is 1. The molecule has 0 saturated heterocycles. The molecule has 2 aliphatic carbocycles. The minimum Gasteiger partial charge on any atom is -0.490 e. The Morgan fingerprint density at radius 3 is 2.80 bits per heavy atom. The number of hydrogen-bond acceptors (Lipinski definition) is 2. The predicted octanol–water partition coefficient (Wildman–Crippen LogP) is 4.39. The van der Waals surface area contributed by atoms with Gasteiger partial charge in [-0.05, 0) is 81.2 Å². The van der Waals surface area contributed by atoms with Crippen molar-refractivity contribution in [3.63, 3.8) is 0 Å². The molecule has 1 saturated carbocycles. The van der Waals surface area contributed by atoms with Gasteiger partial charge < -0.3 is 10.1 Å². The van der Waals surface area contributed by atoms with Crippen LogP contribution in [-0.2, 0) is 6.42 Å². The maximum Gasteiger partial charge on any atom is 0.120 e. The van der Waals surface area contributed by atoms with Crippen LogP contribution in [0.3, 0.4) is 0 Å². The van der Waals surface area contributed by atoms with Crippen LogP contribution in [0.5, 0.6) is 5.75 Å². The molecule has 2 nitrogen and oxygen atoms in total. The molecule has 1 atom stereocenters. The average molecular weight is 273 g/mol. The number of rotatable bonds is 5. The maximum absolute atomic E-state index is 6.14. The number of benzene rings is 1. The summed E-state index contributed by atoms with van der Waals surface area (Å²) in [5, 5.41) is 3.68. The van der Waals surface area contributed by atoms with Gasteiger partial charge in [-0.2, -0.15) is 0 Å². The van der Waals surface area contributed by atoms with Crippen LogP contribution in [0.4, 0.5) is 0 Å². The molecule has 1 aromatic carbocycles. The highest BCUT2D eigenvalue weighted by Gasteiger charge is 2.21. The molecule has 0 amide bonds. The van der Waals surface area contributed by atoms with Gasteiger partial charge in [-0.3, -0.25) is 0 Å². The lowest BCUT2D eigenvalue weighted by Gasteiger charge is -2.27. The molecule has 1 fully saturated rings. The first kappa shape index (κ1) is 13.9. The third-order valence-electron chi connectivity index (χ3n) is 4.67. The van der Waals surface area contributed by atoms with Crippen LogP contribution in [0.25, 0.3) is 0 Å². The third kappa shape index (κ3) is 3.17. The van der Waals surface area contributed by atoms with Gasteiger partial charge in [0, 0.05) is 6.04 Å². The first-order valence-corrected chi connectivity index (χ1v) is 8.39. The lowest BCUT2D eigenvalue weighted by molar-refractivity contribution is 0.209. The molecule has 1 aromatic rings. The smallest absolute Gasteiger partial charge is 0.120 e. The highest BCUT2D eigenvalue weighted by atomic mass is 16.5. The molecular formula is C18H27NO. The Hall–Kier alpha value is -1.02. The topological polar surface area (TPSA) is 21.3 Å². The molecular weight excluding hydrogens is 246 g/mol. The summed E-state index contributed by atoms with van der Waals surface area (Å²) >= 11 is 0. The summed E-state index contributed by atoms with van der Waals surface area (Å²) in [5.41, 5.74) is 3.00. The van der Waals surface area contributed by atoms with E-state index in [1.54, 1.807) is 0 Å². The Balaban J connectivity index is 1.70. The molecule has 0 bridgehead atoms. The first-order valence-electron chi connectivity index (χ1n) is 8.39. The van der Waals surface area contributed by atoms with Gasteiger partial charge in [0.15, 0.2) is 0 Å². The second kappa shape index (κ2) is 6.62. The Labute approximate surface area is 122 Å². The fraction of sp³-hybridized carbons (Fsp3) is 0.667. The van der Waals surface area contributed by atoms with Crippen molar-refractivity contribution in [3.05, 3.63) is 29.3 Å². The third-order valence-corrected chi connectivity index (χ3v) is 4.67. The van der Waals surface area contributed by atoms with E-state index in [0.717, 1.165) is 12.3 Å². The predicted molar refractivity (Wildman–Crippen MR) is 83.3 cm³/mol. The summed E-state index contributed by atoms with van der Waals surface area (Å²) in [6, 6.07) is 7.34. The van der Waals surface area contributed by atoms with Gasteiger partial charge in [-0.25, -0.2) is 0 Å². The highest BCUT2D eigenvalue weighted by Crippen LogP contribution is 2.33. The monoisotopic (exact) mass is 273 g/mol. The van der Waals surface area contributed by atoms with E-state index < -0.39 is 0 Å². The second-order valence-electron chi connectivity index (χ2n) is 6.28. The van der Waals surface area contributed by atoms with Crippen LogP contribution in [0.15, 0.2) is 18.2 Å². The van der Waals surface area contributed by atoms with E-state index in [1.807, 2.05) is 0 Å². The SMILES string of the molecule is CCCNC1CCCc2cc(OC3CCCC3)ccc21. The Morgan fingerprint density at radius 1 is 1.15 bits per heavy atom. The zero-order valence-corrected chi connectivity index (χ0v) is 12.7. The van der Waals surface area contributed by atoms with Crippen molar-refractivity contribution >= 4 is 0 Å². The number of fused-ring (bicyclic) bond motifs is 1. The summed E-state index contributed by atoms with van der Waals surface area (Å²) < 4.78 is 6.14. The molecule has 1 unspecified atom stereocenters. The lowest BCUT2D eigenvalue weighted by atomic mass is 9.87. The van der Waals surface area contributed by atoms with E-state index in [2.05, 4.69) is 30.4 Å². The standard InChI is InChI=1S/C18H27NO/c1-2-12-19-18-9-5-6-14-13-16(10-11-17(14)18)20-15-7-3-4-8-15/h10-11,13,15,18-19H,2-9,12H2,1H3. The van der Waals surface area contributed by atoms with Crippen LogP contribution >= 0.6 is 0 Å². The van der Waals surface area contributed by atoms with Crippen molar-refractivity contribution in [1.82, 2.24) is 5.32 Å². The van der Waals surface area contributed by atoms with Crippen LogP contribution in [0, 0.1) is 0 Å². The number of aryl methyl sites for hydroxylation is 1. The van der Waals surface area contributed by atoms with Gasteiger partial charge in [-0.15, -0.1) is 0 Å². The fourth-order valence-electron chi connectivity index (χ4n) is 3.59. The van der Waals surface area contributed by atoms with Crippen molar-refractivity contribution in [2.24, 2.45) is 0 Å². The normalized spacial score (nSPS) is 22.8. The minimum absolute atomic E-state index is 0.464. The minimum atomic E-state index is 0.464. The molecule has 0 aromatic heterocycles. The Kier molecular flexibility index (Phi) is 4.62. The molecule has 0 spiro atoms. The average Bonchev–Trinajstić information content (AvgIpc) is 2.97. The first-order chi connectivity index (χ1) is 9.86. The van der Waals surface area contributed by atoms with E-state index in [4.69, 9.17) is 4.74 Å².